The molecule has 0 spiro atoms. The van der Waals surface area contributed by atoms with Gasteiger partial charge in [-0.15, -0.1) is 0 Å². The van der Waals surface area contributed by atoms with Crippen LogP contribution in [-0.2, 0) is 19.5 Å². The number of nitrogens with two attached hydrogens (primary N) is 1. The number of hydrogen-bond donors (Lipinski definition) is 2. The van der Waals surface area contributed by atoms with Gasteiger partial charge in [-0.3, -0.25) is 9.69 Å². The van der Waals surface area contributed by atoms with Crippen LogP contribution in [0.3, 0.4) is 0 Å². The van der Waals surface area contributed by atoms with E-state index in [9.17, 15) is 4.79 Å². The molecule has 0 aliphatic carbocycles. The second kappa shape index (κ2) is 6.69. The molecule has 28 heavy (non-hydrogen) atoms. The second-order valence-electron chi connectivity index (χ2n) is 7.07. The van der Waals surface area contributed by atoms with E-state index in [0.29, 0.717) is 24.6 Å². The van der Waals surface area contributed by atoms with Crippen LogP contribution >= 0.6 is 0 Å². The van der Waals surface area contributed by atoms with Gasteiger partial charge in [-0.25, -0.2) is 4.98 Å². The van der Waals surface area contributed by atoms with Crippen molar-refractivity contribution in [1.82, 2.24) is 14.9 Å². The van der Waals surface area contributed by atoms with Gasteiger partial charge in [0.25, 0.3) is 5.56 Å². The Morgan fingerprint density at radius 3 is 2.86 bits per heavy atom. The Kier molecular flexibility index (Phi) is 4.02. The number of fused-ring (bicyclic) bond motifs is 2. The summed E-state index contributed by atoms with van der Waals surface area (Å²) < 4.78 is 11.1. The van der Waals surface area contributed by atoms with Crippen LogP contribution in [0.1, 0.15) is 16.8 Å². The molecule has 0 saturated heterocycles. The molecular formula is C21H20N4O3. The first-order valence-corrected chi connectivity index (χ1v) is 9.25. The van der Waals surface area contributed by atoms with Crippen molar-refractivity contribution in [3.63, 3.8) is 0 Å². The van der Waals surface area contributed by atoms with Gasteiger partial charge >= 0.3 is 0 Å². The monoisotopic (exact) mass is 376 g/mol. The molecule has 2 aliphatic heterocycles. The highest BCUT2D eigenvalue weighted by Crippen LogP contribution is 2.36. The lowest BCUT2D eigenvalue weighted by atomic mass is 10.0. The van der Waals surface area contributed by atoms with Crippen molar-refractivity contribution in [3.05, 3.63) is 69.6 Å². The molecule has 2 aliphatic rings. The number of anilines is 1. The Balaban J connectivity index is 1.40. The molecule has 0 atom stereocenters. The predicted molar refractivity (Wildman–Crippen MR) is 105 cm³/mol. The second-order valence-corrected chi connectivity index (χ2v) is 7.07. The summed E-state index contributed by atoms with van der Waals surface area (Å²) >= 11 is 0. The summed E-state index contributed by atoms with van der Waals surface area (Å²) in [6.07, 6.45) is 0.730. The lowest BCUT2D eigenvalue weighted by Crippen LogP contribution is -2.35. The Morgan fingerprint density at radius 1 is 1.14 bits per heavy atom. The van der Waals surface area contributed by atoms with E-state index in [4.69, 9.17) is 20.2 Å². The molecule has 0 bridgehead atoms. The minimum Gasteiger partial charge on any atom is -0.454 e. The van der Waals surface area contributed by atoms with E-state index in [1.165, 1.54) is 0 Å². The van der Waals surface area contributed by atoms with Crippen LogP contribution < -0.4 is 20.8 Å². The van der Waals surface area contributed by atoms with Gasteiger partial charge in [-0.2, -0.15) is 0 Å². The molecule has 7 heteroatoms. The summed E-state index contributed by atoms with van der Waals surface area (Å²) in [5.41, 5.74) is 9.86. The fraction of sp³-hybridized carbons (Fsp3) is 0.238. The zero-order valence-corrected chi connectivity index (χ0v) is 15.3. The number of aromatic nitrogens is 2. The number of nitrogens with zero attached hydrogens (tertiary/aromatic N) is 2. The minimum atomic E-state index is -0.0839. The molecule has 2 aromatic carbocycles. The zero-order valence-electron chi connectivity index (χ0n) is 15.3. The molecule has 5 rings (SSSR count). The number of hydrogen-bond acceptors (Lipinski definition) is 6. The van der Waals surface area contributed by atoms with Crippen molar-refractivity contribution < 1.29 is 9.47 Å². The van der Waals surface area contributed by atoms with Gasteiger partial charge in [0, 0.05) is 42.9 Å². The smallest absolute Gasteiger partial charge is 0.255 e. The molecule has 142 valence electrons. The maximum Gasteiger partial charge on any atom is 0.255 e. The van der Waals surface area contributed by atoms with Crippen molar-refractivity contribution in [2.45, 2.75) is 19.5 Å². The topological polar surface area (TPSA) is 93.5 Å². The van der Waals surface area contributed by atoms with Crippen LogP contribution in [0, 0.1) is 0 Å². The van der Waals surface area contributed by atoms with Crippen LogP contribution in [-0.4, -0.2) is 28.2 Å². The van der Waals surface area contributed by atoms with Gasteiger partial charge in [0.05, 0.1) is 11.3 Å². The number of aromatic amines is 1. The molecule has 0 fully saturated rings. The minimum absolute atomic E-state index is 0.0839. The van der Waals surface area contributed by atoms with Crippen LogP contribution in [0.25, 0.3) is 11.4 Å². The number of nitrogen functional groups attached to an aromatic ring is 1. The largest absolute Gasteiger partial charge is 0.454 e. The number of nitrogens with one attached hydrogen (secondary N) is 1. The van der Waals surface area contributed by atoms with E-state index in [1.54, 1.807) is 12.1 Å². The third-order valence-corrected chi connectivity index (χ3v) is 5.20. The molecule has 3 aromatic rings. The summed E-state index contributed by atoms with van der Waals surface area (Å²) in [5.74, 6) is 2.17. The van der Waals surface area contributed by atoms with Gasteiger partial charge in [0.1, 0.15) is 5.82 Å². The van der Waals surface area contributed by atoms with E-state index in [0.717, 1.165) is 46.8 Å². The normalized spacial score (nSPS) is 15.4. The van der Waals surface area contributed by atoms with Crippen LogP contribution in [0.2, 0.25) is 0 Å². The molecule has 0 radical (unpaired) electrons. The van der Waals surface area contributed by atoms with Crippen LogP contribution in [0.15, 0.2) is 47.3 Å². The molecule has 3 heterocycles. The van der Waals surface area contributed by atoms with Gasteiger partial charge in [0.2, 0.25) is 6.79 Å². The third kappa shape index (κ3) is 2.99. The van der Waals surface area contributed by atoms with E-state index in [-0.39, 0.29) is 12.4 Å². The van der Waals surface area contributed by atoms with Gasteiger partial charge in [0.15, 0.2) is 11.5 Å². The quantitative estimate of drug-likeness (QED) is 0.682. The van der Waals surface area contributed by atoms with Crippen LogP contribution in [0.4, 0.5) is 5.69 Å². The lowest BCUT2D eigenvalue weighted by molar-refractivity contribution is 0.171. The SMILES string of the molecule is Nc1ccc(-c2nc3c(c(=O)[nH]2)CN(Cc2cccc4c2OCO4)CC3)cc1. The van der Waals surface area contributed by atoms with Crippen LogP contribution in [0.5, 0.6) is 11.5 Å². The lowest BCUT2D eigenvalue weighted by Gasteiger charge is -2.28. The van der Waals surface area contributed by atoms with Crippen molar-refractivity contribution >= 4 is 5.69 Å². The van der Waals surface area contributed by atoms with Gasteiger partial charge in [-0.1, -0.05) is 12.1 Å². The molecule has 3 N–H and O–H groups in total. The molecular weight excluding hydrogens is 356 g/mol. The highest BCUT2D eigenvalue weighted by atomic mass is 16.7. The number of rotatable bonds is 3. The molecule has 7 nitrogen and oxygen atoms in total. The maximum atomic E-state index is 12.7. The fourth-order valence-electron chi connectivity index (χ4n) is 3.75. The highest BCUT2D eigenvalue weighted by Gasteiger charge is 2.24. The first kappa shape index (κ1) is 16.8. The summed E-state index contributed by atoms with van der Waals surface area (Å²) in [6, 6.07) is 13.3. The van der Waals surface area contributed by atoms with Gasteiger partial charge in [-0.05, 0) is 30.3 Å². The number of H-pyrrole nitrogens is 1. The summed E-state index contributed by atoms with van der Waals surface area (Å²) in [4.78, 5) is 22.6. The standard InChI is InChI=1S/C21H20N4O3/c22-15-6-4-13(5-7-15)20-23-17-8-9-25(11-16(17)21(26)24-20)10-14-2-1-3-18-19(14)28-12-27-18/h1-7H,8-12,22H2,(H,23,24,26). The average molecular weight is 376 g/mol. The summed E-state index contributed by atoms with van der Waals surface area (Å²) in [7, 11) is 0. The fourth-order valence-corrected chi connectivity index (χ4v) is 3.75. The maximum absolute atomic E-state index is 12.7. The van der Waals surface area contributed by atoms with Crippen molar-refractivity contribution in [3.8, 4) is 22.9 Å². The number of benzene rings is 2. The predicted octanol–water partition coefficient (Wildman–Crippen LogP) is 2.31. The number of ether oxygens (including phenoxy) is 2. The van der Waals surface area contributed by atoms with Gasteiger partial charge < -0.3 is 20.2 Å². The third-order valence-electron chi connectivity index (χ3n) is 5.20. The zero-order chi connectivity index (χ0) is 19.1. The van der Waals surface area contributed by atoms with E-state index >= 15 is 0 Å². The van der Waals surface area contributed by atoms with E-state index < -0.39 is 0 Å². The van der Waals surface area contributed by atoms with Crippen molar-refractivity contribution in [2.75, 3.05) is 19.1 Å². The average Bonchev–Trinajstić information content (AvgIpc) is 3.19. The molecule has 1 aromatic heterocycles. The Labute approximate surface area is 161 Å². The molecule has 0 amide bonds. The first-order valence-electron chi connectivity index (χ1n) is 9.25. The van der Waals surface area contributed by atoms with Crippen molar-refractivity contribution in [1.29, 1.82) is 0 Å². The van der Waals surface area contributed by atoms with Crippen molar-refractivity contribution in [2.24, 2.45) is 0 Å². The Hall–Kier alpha value is -3.32. The highest BCUT2D eigenvalue weighted by molar-refractivity contribution is 5.58. The number of para-hydroxylation sites is 1. The Bertz CT molecular complexity index is 1090. The summed E-state index contributed by atoms with van der Waals surface area (Å²) in [5, 5.41) is 0. The van der Waals surface area contributed by atoms with E-state index in [2.05, 4.69) is 9.88 Å². The molecule has 0 unspecified atom stereocenters. The Morgan fingerprint density at radius 2 is 2.00 bits per heavy atom. The van der Waals surface area contributed by atoms with E-state index in [1.807, 2.05) is 30.3 Å². The first-order chi connectivity index (χ1) is 13.7. The summed E-state index contributed by atoms with van der Waals surface area (Å²) in [6.45, 7) is 2.34. The molecule has 0 saturated carbocycles.